The highest BCUT2D eigenvalue weighted by Gasteiger charge is 2.17. The Balaban J connectivity index is 2.66. The van der Waals surface area contributed by atoms with Crippen LogP contribution >= 0.6 is 23.4 Å². The van der Waals surface area contributed by atoms with E-state index < -0.39 is 0 Å². The third-order valence-electron chi connectivity index (χ3n) is 3.08. The van der Waals surface area contributed by atoms with Crippen molar-refractivity contribution in [1.29, 1.82) is 0 Å². The lowest BCUT2D eigenvalue weighted by atomic mass is 10.2. The van der Waals surface area contributed by atoms with Crippen molar-refractivity contribution in [3.63, 3.8) is 0 Å². The summed E-state index contributed by atoms with van der Waals surface area (Å²) in [6, 6.07) is -0.0591. The standard InChI is InChI=1S/C13H25ClN4S/c1-5-10(2)19-9-12(15)13-11(14)8-16-18(13)7-6-17(3)4/h8,10,12H,5-7,9,15H2,1-4H3. The van der Waals surface area contributed by atoms with Crippen LogP contribution in [0.4, 0.5) is 0 Å². The molecule has 4 nitrogen and oxygen atoms in total. The van der Waals surface area contributed by atoms with E-state index in [-0.39, 0.29) is 6.04 Å². The summed E-state index contributed by atoms with van der Waals surface area (Å²) in [5.41, 5.74) is 7.23. The molecule has 1 rings (SSSR count). The van der Waals surface area contributed by atoms with Crippen LogP contribution in [0, 0.1) is 0 Å². The number of thioether (sulfide) groups is 1. The maximum Gasteiger partial charge on any atom is 0.0834 e. The van der Waals surface area contributed by atoms with E-state index in [1.807, 2.05) is 30.5 Å². The Morgan fingerprint density at radius 1 is 1.53 bits per heavy atom. The smallest absolute Gasteiger partial charge is 0.0834 e. The first-order chi connectivity index (χ1) is 8.95. The number of nitrogens with two attached hydrogens (primary N) is 1. The Kier molecular flexibility index (Phi) is 7.21. The van der Waals surface area contributed by atoms with Gasteiger partial charge in [0.2, 0.25) is 0 Å². The summed E-state index contributed by atoms with van der Waals surface area (Å²) >= 11 is 8.11. The lowest BCUT2D eigenvalue weighted by molar-refractivity contribution is 0.367. The molecule has 0 aliphatic rings. The van der Waals surface area contributed by atoms with E-state index in [0.29, 0.717) is 10.3 Å². The van der Waals surface area contributed by atoms with Crippen molar-refractivity contribution in [2.45, 2.75) is 38.1 Å². The fraction of sp³-hybridized carbons (Fsp3) is 0.769. The quantitative estimate of drug-likeness (QED) is 0.802. The molecule has 2 N–H and O–H groups in total. The average Bonchev–Trinajstić information content (AvgIpc) is 2.74. The van der Waals surface area contributed by atoms with Crippen LogP contribution in [0.1, 0.15) is 32.0 Å². The van der Waals surface area contributed by atoms with Gasteiger partial charge in [-0.15, -0.1) is 0 Å². The van der Waals surface area contributed by atoms with Crippen molar-refractivity contribution in [1.82, 2.24) is 14.7 Å². The van der Waals surface area contributed by atoms with Gasteiger partial charge in [-0.05, 0) is 20.5 Å². The summed E-state index contributed by atoms with van der Waals surface area (Å²) in [5.74, 6) is 0.877. The Bertz CT molecular complexity index is 381. The summed E-state index contributed by atoms with van der Waals surface area (Å²) < 4.78 is 1.93. The molecule has 19 heavy (non-hydrogen) atoms. The van der Waals surface area contributed by atoms with Crippen LogP contribution in [0.3, 0.4) is 0 Å². The van der Waals surface area contributed by atoms with E-state index in [4.69, 9.17) is 17.3 Å². The molecule has 0 spiro atoms. The molecule has 0 aliphatic carbocycles. The van der Waals surface area contributed by atoms with E-state index in [9.17, 15) is 0 Å². The maximum atomic E-state index is 6.27. The lowest BCUT2D eigenvalue weighted by Gasteiger charge is -2.18. The molecule has 0 amide bonds. The minimum Gasteiger partial charge on any atom is -0.322 e. The van der Waals surface area contributed by atoms with E-state index in [2.05, 4.69) is 23.8 Å². The third kappa shape index (κ3) is 5.34. The Hall–Kier alpha value is -0.230. The van der Waals surface area contributed by atoms with Crippen molar-refractivity contribution in [3.8, 4) is 0 Å². The zero-order chi connectivity index (χ0) is 14.4. The number of hydrogen-bond donors (Lipinski definition) is 1. The highest BCUT2D eigenvalue weighted by atomic mass is 35.5. The van der Waals surface area contributed by atoms with E-state index in [1.165, 1.54) is 0 Å². The fourth-order valence-corrected chi connectivity index (χ4v) is 2.89. The summed E-state index contributed by atoms with van der Waals surface area (Å²) in [6.07, 6.45) is 2.85. The molecule has 0 aromatic carbocycles. The van der Waals surface area contributed by atoms with Crippen molar-refractivity contribution < 1.29 is 0 Å². The first-order valence-corrected chi connectivity index (χ1v) is 8.11. The predicted molar refractivity (Wildman–Crippen MR) is 84.9 cm³/mol. The monoisotopic (exact) mass is 304 g/mol. The highest BCUT2D eigenvalue weighted by Crippen LogP contribution is 2.26. The first-order valence-electron chi connectivity index (χ1n) is 6.68. The molecule has 0 saturated carbocycles. The van der Waals surface area contributed by atoms with Gasteiger partial charge in [0, 0.05) is 17.5 Å². The molecule has 110 valence electrons. The SMILES string of the molecule is CCC(C)SCC(N)c1c(Cl)cnn1CCN(C)C. The summed E-state index contributed by atoms with van der Waals surface area (Å²) in [7, 11) is 4.09. The largest absolute Gasteiger partial charge is 0.322 e. The predicted octanol–water partition coefficient (Wildman–Crippen LogP) is 2.63. The van der Waals surface area contributed by atoms with E-state index in [1.54, 1.807) is 6.20 Å². The number of hydrogen-bond acceptors (Lipinski definition) is 4. The Morgan fingerprint density at radius 3 is 2.79 bits per heavy atom. The van der Waals surface area contributed by atoms with Crippen LogP contribution in [-0.4, -0.2) is 46.3 Å². The second-order valence-corrected chi connectivity index (χ2v) is 6.94. The van der Waals surface area contributed by atoms with Gasteiger partial charge in [0.25, 0.3) is 0 Å². The van der Waals surface area contributed by atoms with Crippen LogP contribution in [0.15, 0.2) is 6.20 Å². The van der Waals surface area contributed by atoms with Gasteiger partial charge < -0.3 is 10.6 Å². The van der Waals surface area contributed by atoms with Gasteiger partial charge in [0.05, 0.1) is 29.5 Å². The molecule has 0 saturated heterocycles. The summed E-state index contributed by atoms with van der Waals surface area (Å²) in [4.78, 5) is 2.12. The molecule has 0 radical (unpaired) electrons. The first kappa shape index (κ1) is 16.8. The van der Waals surface area contributed by atoms with Crippen LogP contribution in [0.5, 0.6) is 0 Å². The lowest BCUT2D eigenvalue weighted by Crippen LogP contribution is -2.24. The third-order valence-corrected chi connectivity index (χ3v) is 4.82. The Labute approximate surface area is 125 Å². The second-order valence-electron chi connectivity index (χ2n) is 5.06. The van der Waals surface area contributed by atoms with Crippen LogP contribution in [0.2, 0.25) is 5.02 Å². The second kappa shape index (κ2) is 8.15. The van der Waals surface area contributed by atoms with Crippen LogP contribution < -0.4 is 5.73 Å². The minimum absolute atomic E-state index is 0.0591. The molecule has 0 fully saturated rings. The summed E-state index contributed by atoms with van der Waals surface area (Å²) in [6.45, 7) is 6.16. The van der Waals surface area contributed by atoms with Gasteiger partial charge in [0.1, 0.15) is 0 Å². The van der Waals surface area contributed by atoms with Gasteiger partial charge in [-0.2, -0.15) is 16.9 Å². The Morgan fingerprint density at radius 2 is 2.21 bits per heavy atom. The zero-order valence-corrected chi connectivity index (χ0v) is 13.8. The van der Waals surface area contributed by atoms with E-state index in [0.717, 1.165) is 31.0 Å². The van der Waals surface area contributed by atoms with Crippen molar-refractivity contribution in [2.24, 2.45) is 5.73 Å². The number of likely N-dealkylation sites (N-methyl/N-ethyl adjacent to an activating group) is 1. The molecule has 1 aromatic rings. The fourth-order valence-electron chi connectivity index (χ4n) is 1.68. The topological polar surface area (TPSA) is 47.1 Å². The van der Waals surface area contributed by atoms with Crippen molar-refractivity contribution >= 4 is 23.4 Å². The van der Waals surface area contributed by atoms with Crippen molar-refractivity contribution in [2.75, 3.05) is 26.4 Å². The number of rotatable bonds is 8. The molecule has 0 bridgehead atoms. The zero-order valence-electron chi connectivity index (χ0n) is 12.3. The molecule has 2 unspecified atom stereocenters. The number of halogens is 1. The summed E-state index contributed by atoms with van der Waals surface area (Å²) in [5, 5.41) is 5.63. The van der Waals surface area contributed by atoms with Crippen LogP contribution in [-0.2, 0) is 6.54 Å². The van der Waals surface area contributed by atoms with Gasteiger partial charge in [0.15, 0.2) is 0 Å². The van der Waals surface area contributed by atoms with Crippen molar-refractivity contribution in [3.05, 3.63) is 16.9 Å². The molecular formula is C13H25ClN4S. The van der Waals surface area contributed by atoms with Crippen LogP contribution in [0.25, 0.3) is 0 Å². The molecule has 0 aliphatic heterocycles. The average molecular weight is 305 g/mol. The van der Waals surface area contributed by atoms with Gasteiger partial charge >= 0.3 is 0 Å². The molecule has 2 atom stereocenters. The molecule has 1 heterocycles. The minimum atomic E-state index is -0.0591. The van der Waals surface area contributed by atoms with Gasteiger partial charge in [-0.25, -0.2) is 0 Å². The van der Waals surface area contributed by atoms with Gasteiger partial charge in [-0.3, -0.25) is 4.68 Å². The van der Waals surface area contributed by atoms with Gasteiger partial charge in [-0.1, -0.05) is 25.4 Å². The van der Waals surface area contributed by atoms with E-state index >= 15 is 0 Å². The normalized spacial score (nSPS) is 14.9. The molecule has 6 heteroatoms. The molecule has 1 aromatic heterocycles. The highest BCUT2D eigenvalue weighted by molar-refractivity contribution is 7.99. The molecular weight excluding hydrogens is 280 g/mol. The number of nitrogens with zero attached hydrogens (tertiary/aromatic N) is 3. The maximum absolute atomic E-state index is 6.27. The number of aromatic nitrogens is 2.